The van der Waals surface area contributed by atoms with Crippen LogP contribution >= 0.6 is 23.5 Å². The highest BCUT2D eigenvalue weighted by molar-refractivity contribution is 7.98. The first-order valence-electron chi connectivity index (χ1n) is 8.02. The topological polar surface area (TPSA) is 89.3 Å². The third kappa shape index (κ3) is 9.91. The van der Waals surface area contributed by atoms with Crippen molar-refractivity contribution in [3.05, 3.63) is 34.9 Å². The monoisotopic (exact) mass is 358 g/mol. The lowest BCUT2D eigenvalue weighted by Gasteiger charge is -2.10. The Kier molecular flexibility index (Phi) is 13.3. The molecule has 132 valence electrons. The quantitative estimate of drug-likeness (QED) is 0.557. The number of carbonyl (C=O) groups is 1. The smallest absolute Gasteiger partial charge is 0.321 e. The maximum Gasteiger partial charge on any atom is 0.321 e. The molecule has 0 aliphatic carbocycles. The summed E-state index contributed by atoms with van der Waals surface area (Å²) in [6, 6.07) is 5.84. The van der Waals surface area contributed by atoms with Crippen molar-refractivity contribution in [1.29, 1.82) is 0 Å². The number of rotatable bonds is 10. The van der Waals surface area contributed by atoms with Crippen molar-refractivity contribution in [2.75, 3.05) is 18.1 Å². The Balaban J connectivity index is 0.00000232. The number of nitrogens with two attached hydrogens (primary N) is 2. The fourth-order valence-corrected chi connectivity index (χ4v) is 3.49. The van der Waals surface area contributed by atoms with E-state index in [1.807, 2.05) is 25.6 Å². The van der Waals surface area contributed by atoms with E-state index in [0.29, 0.717) is 12.3 Å². The second kappa shape index (κ2) is 13.7. The molecule has 0 radical (unpaired) electrons. The van der Waals surface area contributed by atoms with Crippen molar-refractivity contribution in [1.82, 2.24) is 0 Å². The van der Waals surface area contributed by atoms with E-state index in [2.05, 4.69) is 25.1 Å². The molecular weight excluding hydrogens is 328 g/mol. The van der Waals surface area contributed by atoms with Gasteiger partial charge in [-0.05, 0) is 23.1 Å². The number of hydrogen-bond donors (Lipinski definition) is 3. The summed E-state index contributed by atoms with van der Waals surface area (Å²) in [6.45, 7) is 6.84. The molecule has 6 heteroatoms. The Labute approximate surface area is 148 Å². The summed E-state index contributed by atoms with van der Waals surface area (Å²) in [4.78, 5) is 10.7. The zero-order chi connectivity index (χ0) is 17.7. The summed E-state index contributed by atoms with van der Waals surface area (Å²) in [7, 11) is 0. The molecule has 0 amide bonds. The zero-order valence-corrected chi connectivity index (χ0v) is 16.0. The molecule has 0 spiro atoms. The lowest BCUT2D eigenvalue weighted by atomic mass is 10.1. The minimum absolute atomic E-state index is 0.433. The summed E-state index contributed by atoms with van der Waals surface area (Å²) in [5, 5.41) is 8.77. The van der Waals surface area contributed by atoms with Gasteiger partial charge in [-0.3, -0.25) is 4.79 Å². The van der Waals surface area contributed by atoms with E-state index >= 15 is 0 Å². The van der Waals surface area contributed by atoms with E-state index in [4.69, 9.17) is 16.6 Å². The van der Waals surface area contributed by atoms with Crippen molar-refractivity contribution in [2.24, 2.45) is 11.5 Å². The van der Waals surface area contributed by atoms with Gasteiger partial charge in [-0.2, -0.15) is 23.5 Å². The van der Waals surface area contributed by atoms with Crippen LogP contribution in [0.3, 0.4) is 0 Å². The molecule has 23 heavy (non-hydrogen) atoms. The molecule has 0 saturated heterocycles. The number of hydrogen-bond acceptors (Lipinski definition) is 5. The number of aliphatic carboxylic acids is 1. The Bertz CT molecular complexity index is 456. The van der Waals surface area contributed by atoms with Crippen molar-refractivity contribution in [3.8, 4) is 0 Å². The van der Waals surface area contributed by atoms with Crippen molar-refractivity contribution < 1.29 is 9.90 Å². The second-order valence-electron chi connectivity index (χ2n) is 4.81. The molecule has 1 rings (SSSR count). The van der Waals surface area contributed by atoms with Gasteiger partial charge in [0.2, 0.25) is 0 Å². The number of carboxylic acids is 1. The summed E-state index contributed by atoms with van der Waals surface area (Å²) in [5.74, 6) is 2.22. The van der Waals surface area contributed by atoms with Crippen LogP contribution in [-0.2, 0) is 22.7 Å². The van der Waals surface area contributed by atoms with Gasteiger partial charge in [-0.1, -0.05) is 39.0 Å². The molecule has 0 aliphatic heterocycles. The van der Waals surface area contributed by atoms with E-state index in [1.54, 1.807) is 11.8 Å². The fourth-order valence-electron chi connectivity index (χ4n) is 1.86. The van der Waals surface area contributed by atoms with Crippen LogP contribution in [0.5, 0.6) is 0 Å². The second-order valence-corrected chi connectivity index (χ2v) is 6.95. The standard InChI is InChI=1S/C15H24N2O2S2.C2H6/c1-2-11-5-12(8-20-4-3-16)7-13(6-11)9-21-10-14(17)15(18)19;1-2/h5-7,14H,2-4,8-10,16-17H2,1H3,(H,18,19);1-2H3/t14-;/m0./s1. The first-order valence-corrected chi connectivity index (χ1v) is 10.3. The van der Waals surface area contributed by atoms with Crippen molar-refractivity contribution in [2.45, 2.75) is 44.7 Å². The predicted molar refractivity (Wildman–Crippen MR) is 104 cm³/mol. The van der Waals surface area contributed by atoms with Gasteiger partial charge in [0.25, 0.3) is 0 Å². The largest absolute Gasteiger partial charge is 0.480 e. The molecule has 0 heterocycles. The van der Waals surface area contributed by atoms with E-state index in [1.165, 1.54) is 16.7 Å². The Hall–Kier alpha value is -0.690. The average molecular weight is 359 g/mol. The van der Waals surface area contributed by atoms with Crippen LogP contribution in [0.25, 0.3) is 0 Å². The van der Waals surface area contributed by atoms with Crippen LogP contribution in [0, 0.1) is 0 Å². The van der Waals surface area contributed by atoms with Crippen molar-refractivity contribution in [3.63, 3.8) is 0 Å². The minimum Gasteiger partial charge on any atom is -0.480 e. The highest BCUT2D eigenvalue weighted by Gasteiger charge is 2.11. The highest BCUT2D eigenvalue weighted by Crippen LogP contribution is 2.20. The molecule has 0 saturated carbocycles. The molecule has 1 aromatic rings. The number of benzene rings is 1. The highest BCUT2D eigenvalue weighted by atomic mass is 32.2. The van der Waals surface area contributed by atoms with Crippen LogP contribution < -0.4 is 11.5 Å². The average Bonchev–Trinajstić information content (AvgIpc) is 2.56. The predicted octanol–water partition coefficient (Wildman–Crippen LogP) is 3.11. The van der Waals surface area contributed by atoms with Gasteiger partial charge in [0.15, 0.2) is 0 Å². The van der Waals surface area contributed by atoms with Gasteiger partial charge >= 0.3 is 5.97 Å². The lowest BCUT2D eigenvalue weighted by Crippen LogP contribution is -2.32. The molecule has 0 fully saturated rings. The molecule has 0 aromatic heterocycles. The van der Waals surface area contributed by atoms with Gasteiger partial charge in [-0.25, -0.2) is 0 Å². The van der Waals surface area contributed by atoms with Crippen LogP contribution in [-0.4, -0.2) is 35.2 Å². The molecule has 1 atom stereocenters. The molecule has 1 aromatic carbocycles. The minimum atomic E-state index is -0.941. The summed E-state index contributed by atoms with van der Waals surface area (Å²) in [5.41, 5.74) is 14.9. The van der Waals surface area contributed by atoms with E-state index in [9.17, 15) is 4.79 Å². The molecule has 0 aliphatic rings. The third-order valence-electron chi connectivity index (χ3n) is 2.93. The normalized spacial score (nSPS) is 11.5. The Morgan fingerprint density at radius 3 is 2.13 bits per heavy atom. The third-order valence-corrected chi connectivity index (χ3v) is 5.13. The number of aryl methyl sites for hydroxylation is 1. The van der Waals surface area contributed by atoms with Gasteiger partial charge in [0.1, 0.15) is 6.04 Å². The maximum absolute atomic E-state index is 10.7. The van der Waals surface area contributed by atoms with E-state index in [0.717, 1.165) is 23.7 Å². The van der Waals surface area contributed by atoms with Gasteiger partial charge < -0.3 is 16.6 Å². The maximum atomic E-state index is 10.7. The SMILES string of the molecule is CC.CCc1cc(CSCCN)cc(CSC[C@H](N)C(=O)O)c1. The van der Waals surface area contributed by atoms with Crippen molar-refractivity contribution >= 4 is 29.5 Å². The number of carboxylic acid groups (broad SMARTS) is 1. The molecule has 0 unspecified atom stereocenters. The van der Waals surface area contributed by atoms with Gasteiger partial charge in [0, 0.05) is 29.6 Å². The Morgan fingerprint density at radius 1 is 1.13 bits per heavy atom. The fraction of sp³-hybridized carbons (Fsp3) is 0.588. The molecule has 0 bridgehead atoms. The first-order chi connectivity index (χ1) is 11.1. The lowest BCUT2D eigenvalue weighted by molar-refractivity contribution is -0.137. The molecular formula is C17H30N2O2S2. The zero-order valence-electron chi connectivity index (χ0n) is 14.4. The van der Waals surface area contributed by atoms with Crippen LogP contribution in [0.4, 0.5) is 0 Å². The van der Waals surface area contributed by atoms with Gasteiger partial charge in [0.05, 0.1) is 0 Å². The molecule has 5 N–H and O–H groups in total. The summed E-state index contributed by atoms with van der Waals surface area (Å²) >= 11 is 3.40. The van der Waals surface area contributed by atoms with E-state index < -0.39 is 12.0 Å². The van der Waals surface area contributed by atoms with Crippen LogP contribution in [0.2, 0.25) is 0 Å². The van der Waals surface area contributed by atoms with E-state index in [-0.39, 0.29) is 0 Å². The number of thioether (sulfide) groups is 2. The molecule has 4 nitrogen and oxygen atoms in total. The summed E-state index contributed by atoms with van der Waals surface area (Å²) in [6.07, 6.45) is 1.00. The Morgan fingerprint density at radius 2 is 1.65 bits per heavy atom. The summed E-state index contributed by atoms with van der Waals surface area (Å²) < 4.78 is 0. The van der Waals surface area contributed by atoms with Crippen LogP contribution in [0.15, 0.2) is 18.2 Å². The van der Waals surface area contributed by atoms with Gasteiger partial charge in [-0.15, -0.1) is 0 Å². The first kappa shape index (κ1) is 22.3. The van der Waals surface area contributed by atoms with Crippen LogP contribution in [0.1, 0.15) is 37.5 Å².